The molecule has 3 rings (SSSR count). The second-order valence-electron chi connectivity index (χ2n) is 6.23. The second kappa shape index (κ2) is 6.97. The third-order valence-electron chi connectivity index (χ3n) is 4.57. The number of carbonyl (C=O) groups excluding carboxylic acids is 2. The summed E-state index contributed by atoms with van der Waals surface area (Å²) in [5.74, 6) is 0.578. The summed E-state index contributed by atoms with van der Waals surface area (Å²) < 4.78 is 5.16. The number of ether oxygens (including phenoxy) is 1. The van der Waals surface area contributed by atoms with Crippen molar-refractivity contribution in [3.8, 4) is 5.75 Å². The SMILES string of the molecule is COc1ccc(N2CCN(C(=O)c3cccc(C)c3)C(C)C2=O)cc1. The second-order valence-corrected chi connectivity index (χ2v) is 6.23. The lowest BCUT2D eigenvalue weighted by atomic mass is 10.1. The number of benzene rings is 2. The molecule has 2 aromatic rings. The van der Waals surface area contributed by atoms with E-state index >= 15 is 0 Å². The molecule has 1 fully saturated rings. The molecular weight excluding hydrogens is 316 g/mol. The van der Waals surface area contributed by atoms with Crippen molar-refractivity contribution in [1.82, 2.24) is 4.90 Å². The van der Waals surface area contributed by atoms with E-state index in [2.05, 4.69) is 0 Å². The van der Waals surface area contributed by atoms with Crippen molar-refractivity contribution in [2.75, 3.05) is 25.1 Å². The lowest BCUT2D eigenvalue weighted by molar-refractivity contribution is -0.124. The molecule has 1 saturated heterocycles. The molecule has 0 aliphatic carbocycles. The van der Waals surface area contributed by atoms with E-state index in [9.17, 15) is 9.59 Å². The van der Waals surface area contributed by atoms with E-state index in [0.717, 1.165) is 17.0 Å². The van der Waals surface area contributed by atoms with Gasteiger partial charge in [-0.15, -0.1) is 0 Å². The van der Waals surface area contributed by atoms with E-state index in [1.807, 2.05) is 49.4 Å². The van der Waals surface area contributed by atoms with Crippen LogP contribution in [0.4, 0.5) is 5.69 Å². The summed E-state index contributed by atoms with van der Waals surface area (Å²) in [4.78, 5) is 28.9. The Morgan fingerprint density at radius 1 is 1.12 bits per heavy atom. The molecule has 25 heavy (non-hydrogen) atoms. The van der Waals surface area contributed by atoms with Crippen LogP contribution in [0.2, 0.25) is 0 Å². The number of rotatable bonds is 3. The molecule has 1 atom stereocenters. The van der Waals surface area contributed by atoms with E-state index in [0.29, 0.717) is 18.7 Å². The summed E-state index contributed by atoms with van der Waals surface area (Å²) in [6.45, 7) is 4.72. The van der Waals surface area contributed by atoms with Crippen LogP contribution >= 0.6 is 0 Å². The number of carbonyl (C=O) groups is 2. The molecule has 5 nitrogen and oxygen atoms in total. The summed E-state index contributed by atoms with van der Waals surface area (Å²) >= 11 is 0. The molecule has 2 amide bonds. The molecule has 1 aliphatic heterocycles. The average Bonchev–Trinajstić information content (AvgIpc) is 2.63. The van der Waals surface area contributed by atoms with Gasteiger partial charge in [0.2, 0.25) is 5.91 Å². The minimum atomic E-state index is -0.496. The van der Waals surface area contributed by atoms with Crippen LogP contribution in [0.3, 0.4) is 0 Å². The number of hydrogen-bond acceptors (Lipinski definition) is 3. The van der Waals surface area contributed by atoms with Crippen molar-refractivity contribution in [3.63, 3.8) is 0 Å². The highest BCUT2D eigenvalue weighted by Gasteiger charge is 2.35. The highest BCUT2D eigenvalue weighted by atomic mass is 16.5. The Kier molecular flexibility index (Phi) is 4.74. The number of hydrogen-bond donors (Lipinski definition) is 0. The van der Waals surface area contributed by atoms with Crippen molar-refractivity contribution in [3.05, 3.63) is 59.7 Å². The van der Waals surface area contributed by atoms with E-state index in [1.165, 1.54) is 0 Å². The van der Waals surface area contributed by atoms with Gasteiger partial charge in [0.15, 0.2) is 0 Å². The molecule has 1 heterocycles. The zero-order chi connectivity index (χ0) is 18.0. The molecule has 0 spiro atoms. The summed E-state index contributed by atoms with van der Waals surface area (Å²) in [5, 5.41) is 0. The molecular formula is C20H22N2O3. The van der Waals surface area contributed by atoms with Crippen LogP contribution < -0.4 is 9.64 Å². The van der Waals surface area contributed by atoms with Gasteiger partial charge >= 0.3 is 0 Å². The lowest BCUT2D eigenvalue weighted by Gasteiger charge is -2.39. The minimum absolute atomic E-state index is 0.0718. The maximum Gasteiger partial charge on any atom is 0.254 e. The Balaban J connectivity index is 1.77. The van der Waals surface area contributed by atoms with Crippen LogP contribution in [0.25, 0.3) is 0 Å². The van der Waals surface area contributed by atoms with Crippen LogP contribution in [-0.2, 0) is 4.79 Å². The molecule has 5 heteroatoms. The van der Waals surface area contributed by atoms with Crippen molar-refractivity contribution in [2.45, 2.75) is 19.9 Å². The quantitative estimate of drug-likeness (QED) is 0.865. The first-order valence-corrected chi connectivity index (χ1v) is 8.34. The van der Waals surface area contributed by atoms with Gasteiger partial charge in [0, 0.05) is 24.3 Å². The summed E-state index contributed by atoms with van der Waals surface area (Å²) in [5.41, 5.74) is 2.47. The summed E-state index contributed by atoms with van der Waals surface area (Å²) in [6, 6.07) is 14.4. The molecule has 0 radical (unpaired) electrons. The van der Waals surface area contributed by atoms with Crippen LogP contribution in [0.15, 0.2) is 48.5 Å². The van der Waals surface area contributed by atoms with Gasteiger partial charge in [-0.1, -0.05) is 17.7 Å². The highest BCUT2D eigenvalue weighted by molar-refractivity contribution is 6.03. The minimum Gasteiger partial charge on any atom is -0.497 e. The summed E-state index contributed by atoms with van der Waals surface area (Å²) in [7, 11) is 1.61. The van der Waals surface area contributed by atoms with Gasteiger partial charge in [0.25, 0.3) is 5.91 Å². The zero-order valence-electron chi connectivity index (χ0n) is 14.7. The third-order valence-corrected chi connectivity index (χ3v) is 4.57. The number of amides is 2. The first-order chi connectivity index (χ1) is 12.0. The van der Waals surface area contributed by atoms with Gasteiger partial charge in [-0.25, -0.2) is 0 Å². The first kappa shape index (κ1) is 17.0. The van der Waals surface area contributed by atoms with E-state index in [-0.39, 0.29) is 11.8 Å². The van der Waals surface area contributed by atoms with E-state index < -0.39 is 6.04 Å². The molecule has 0 saturated carbocycles. The number of anilines is 1. The Morgan fingerprint density at radius 2 is 1.84 bits per heavy atom. The first-order valence-electron chi connectivity index (χ1n) is 8.34. The Bertz CT molecular complexity index is 786. The van der Waals surface area contributed by atoms with Crippen LogP contribution in [0, 0.1) is 6.92 Å². The zero-order valence-corrected chi connectivity index (χ0v) is 14.7. The van der Waals surface area contributed by atoms with Gasteiger partial charge in [-0.3, -0.25) is 9.59 Å². The fourth-order valence-electron chi connectivity index (χ4n) is 3.11. The number of nitrogens with zero attached hydrogens (tertiary/aromatic N) is 2. The van der Waals surface area contributed by atoms with Gasteiger partial charge in [-0.2, -0.15) is 0 Å². The van der Waals surface area contributed by atoms with Crippen molar-refractivity contribution in [1.29, 1.82) is 0 Å². The van der Waals surface area contributed by atoms with Gasteiger partial charge in [0.05, 0.1) is 7.11 Å². The van der Waals surface area contributed by atoms with Gasteiger partial charge < -0.3 is 14.5 Å². The van der Waals surface area contributed by atoms with E-state index in [4.69, 9.17) is 4.74 Å². The fraction of sp³-hybridized carbons (Fsp3) is 0.300. The highest BCUT2D eigenvalue weighted by Crippen LogP contribution is 2.24. The van der Waals surface area contributed by atoms with Crippen molar-refractivity contribution >= 4 is 17.5 Å². The number of piperazine rings is 1. The van der Waals surface area contributed by atoms with Crippen LogP contribution in [0.1, 0.15) is 22.8 Å². The monoisotopic (exact) mass is 338 g/mol. The number of methoxy groups -OCH3 is 1. The molecule has 0 aromatic heterocycles. The van der Waals surface area contributed by atoms with Crippen molar-refractivity contribution < 1.29 is 14.3 Å². The third kappa shape index (κ3) is 3.36. The largest absolute Gasteiger partial charge is 0.497 e. The topological polar surface area (TPSA) is 49.9 Å². The normalized spacial score (nSPS) is 17.6. The molecule has 1 aliphatic rings. The number of aryl methyl sites for hydroxylation is 1. The van der Waals surface area contributed by atoms with Crippen LogP contribution in [-0.4, -0.2) is 43.0 Å². The van der Waals surface area contributed by atoms with E-state index in [1.54, 1.807) is 29.9 Å². The molecule has 2 aromatic carbocycles. The average molecular weight is 338 g/mol. The predicted octanol–water partition coefficient (Wildman–Crippen LogP) is 2.88. The Morgan fingerprint density at radius 3 is 2.48 bits per heavy atom. The maximum absolute atomic E-state index is 12.8. The van der Waals surface area contributed by atoms with Crippen LogP contribution in [0.5, 0.6) is 5.75 Å². The molecule has 0 N–H and O–H groups in total. The van der Waals surface area contributed by atoms with Crippen molar-refractivity contribution in [2.24, 2.45) is 0 Å². The van der Waals surface area contributed by atoms with Gasteiger partial charge in [0.1, 0.15) is 11.8 Å². The smallest absolute Gasteiger partial charge is 0.254 e. The predicted molar refractivity (Wildman–Crippen MR) is 97.0 cm³/mol. The molecule has 1 unspecified atom stereocenters. The standard InChI is InChI=1S/C20H22N2O3/c1-14-5-4-6-16(13-14)20(24)21-11-12-22(19(23)15(21)2)17-7-9-18(25-3)10-8-17/h4-10,13,15H,11-12H2,1-3H3. The summed E-state index contributed by atoms with van der Waals surface area (Å²) in [6.07, 6.45) is 0. The fourth-order valence-corrected chi connectivity index (χ4v) is 3.11. The molecule has 0 bridgehead atoms. The molecule has 130 valence electrons. The van der Waals surface area contributed by atoms with Gasteiger partial charge in [-0.05, 0) is 50.2 Å². The lowest BCUT2D eigenvalue weighted by Crippen LogP contribution is -2.57. The Hall–Kier alpha value is -2.82. The maximum atomic E-state index is 12.8. The Labute approximate surface area is 147 Å².